The molecule has 0 amide bonds. The van der Waals surface area contributed by atoms with E-state index in [2.05, 4.69) is 47.4 Å². The van der Waals surface area contributed by atoms with E-state index in [9.17, 15) is 0 Å². The minimum atomic E-state index is 1.05. The number of hydrogen-bond acceptors (Lipinski definition) is 1. The molecule has 0 unspecified atom stereocenters. The highest BCUT2D eigenvalue weighted by Gasteiger charge is 2.26. The van der Waals surface area contributed by atoms with Crippen LogP contribution in [0.15, 0.2) is 54.7 Å². The summed E-state index contributed by atoms with van der Waals surface area (Å²) in [6.45, 7) is 0. The summed E-state index contributed by atoms with van der Waals surface area (Å²) < 4.78 is 0. The zero-order valence-corrected chi connectivity index (χ0v) is 13.2. The van der Waals surface area contributed by atoms with E-state index < -0.39 is 0 Å². The quantitative estimate of drug-likeness (QED) is 0.470. The molecule has 0 aliphatic heterocycles. The summed E-state index contributed by atoms with van der Waals surface area (Å²) in [5.41, 5.74) is 11.5. The average molecular weight is 297 g/mol. The van der Waals surface area contributed by atoms with Crippen molar-refractivity contribution >= 4 is 0 Å². The summed E-state index contributed by atoms with van der Waals surface area (Å²) in [7, 11) is 0. The zero-order valence-electron chi connectivity index (χ0n) is 13.2. The topological polar surface area (TPSA) is 12.9 Å². The van der Waals surface area contributed by atoms with Gasteiger partial charge in [-0.1, -0.05) is 36.4 Å². The lowest BCUT2D eigenvalue weighted by Gasteiger charge is -2.19. The number of pyridine rings is 1. The van der Waals surface area contributed by atoms with Crippen molar-refractivity contribution in [1.82, 2.24) is 4.98 Å². The van der Waals surface area contributed by atoms with Gasteiger partial charge in [0.25, 0.3) is 0 Å². The molecule has 2 aromatic carbocycles. The lowest BCUT2D eigenvalue weighted by Crippen LogP contribution is -2.04. The molecule has 2 aliphatic rings. The molecule has 0 N–H and O–H groups in total. The molecule has 1 nitrogen and oxygen atoms in total. The van der Waals surface area contributed by atoms with Crippen LogP contribution in [0.5, 0.6) is 0 Å². The Morgan fingerprint density at radius 2 is 1.57 bits per heavy atom. The zero-order chi connectivity index (χ0) is 15.2. The number of aryl methyl sites for hydroxylation is 1. The van der Waals surface area contributed by atoms with E-state index in [0.29, 0.717) is 0 Å². The van der Waals surface area contributed by atoms with Crippen LogP contribution >= 0.6 is 0 Å². The molecule has 1 heterocycles. The SMILES string of the molecule is c1ccc(-c2cccc3c2Cc2ccc4c(c2-3)CCCC4)nc1. The van der Waals surface area contributed by atoms with Crippen LogP contribution in [-0.2, 0) is 19.3 Å². The number of rotatable bonds is 1. The van der Waals surface area contributed by atoms with Crippen molar-refractivity contribution in [3.8, 4) is 22.4 Å². The third kappa shape index (κ3) is 1.96. The number of hydrogen-bond donors (Lipinski definition) is 0. The molecular weight excluding hydrogens is 278 g/mol. The molecule has 0 spiro atoms. The summed E-state index contributed by atoms with van der Waals surface area (Å²) in [4.78, 5) is 4.58. The van der Waals surface area contributed by atoms with E-state index >= 15 is 0 Å². The van der Waals surface area contributed by atoms with Gasteiger partial charge in [-0.3, -0.25) is 4.98 Å². The van der Waals surface area contributed by atoms with Crippen molar-refractivity contribution in [2.45, 2.75) is 32.1 Å². The van der Waals surface area contributed by atoms with E-state index in [-0.39, 0.29) is 0 Å². The molecule has 1 heteroatoms. The van der Waals surface area contributed by atoms with Gasteiger partial charge in [0.15, 0.2) is 0 Å². The van der Waals surface area contributed by atoms with Gasteiger partial charge in [0, 0.05) is 11.8 Å². The van der Waals surface area contributed by atoms with Crippen LogP contribution in [-0.4, -0.2) is 4.98 Å². The molecule has 2 aliphatic carbocycles. The highest BCUT2D eigenvalue weighted by atomic mass is 14.7. The largest absolute Gasteiger partial charge is 0.256 e. The fourth-order valence-corrected chi connectivity index (χ4v) is 4.32. The maximum Gasteiger partial charge on any atom is 0.0705 e. The highest BCUT2D eigenvalue weighted by Crippen LogP contribution is 2.45. The van der Waals surface area contributed by atoms with Crippen LogP contribution in [0.2, 0.25) is 0 Å². The molecule has 0 bridgehead atoms. The number of aromatic nitrogens is 1. The highest BCUT2D eigenvalue weighted by molar-refractivity contribution is 5.86. The van der Waals surface area contributed by atoms with Gasteiger partial charge in [0.1, 0.15) is 0 Å². The van der Waals surface area contributed by atoms with Gasteiger partial charge in [0.05, 0.1) is 5.69 Å². The van der Waals surface area contributed by atoms with E-state index in [4.69, 9.17) is 0 Å². The van der Waals surface area contributed by atoms with Gasteiger partial charge in [-0.05, 0) is 77.6 Å². The van der Waals surface area contributed by atoms with Gasteiger partial charge in [-0.25, -0.2) is 0 Å². The first-order valence-corrected chi connectivity index (χ1v) is 8.59. The first-order chi connectivity index (χ1) is 11.4. The second kappa shape index (κ2) is 5.06. The number of nitrogens with zero attached hydrogens (tertiary/aromatic N) is 1. The standard InChI is InChI=1S/C22H19N/c1-2-7-17-15(6-1)11-12-16-14-20-18(21-10-3-4-13-23-21)8-5-9-19(20)22(16)17/h3-5,8-13H,1-2,6-7,14H2. The van der Waals surface area contributed by atoms with Crippen molar-refractivity contribution in [2.24, 2.45) is 0 Å². The molecule has 5 rings (SSSR count). The van der Waals surface area contributed by atoms with Crippen LogP contribution in [0.1, 0.15) is 35.1 Å². The normalized spacial score (nSPS) is 15.0. The van der Waals surface area contributed by atoms with E-state index in [1.54, 1.807) is 11.1 Å². The van der Waals surface area contributed by atoms with Gasteiger partial charge in [0.2, 0.25) is 0 Å². The monoisotopic (exact) mass is 297 g/mol. The van der Waals surface area contributed by atoms with Crippen molar-refractivity contribution in [1.29, 1.82) is 0 Å². The Labute approximate surface area is 137 Å². The minimum Gasteiger partial charge on any atom is -0.256 e. The molecule has 0 fully saturated rings. The van der Waals surface area contributed by atoms with Crippen molar-refractivity contribution < 1.29 is 0 Å². The Bertz CT molecular complexity index is 893. The van der Waals surface area contributed by atoms with Crippen molar-refractivity contribution in [3.05, 3.63) is 77.0 Å². The summed E-state index contributed by atoms with van der Waals surface area (Å²) in [5.74, 6) is 0. The molecule has 112 valence electrons. The smallest absolute Gasteiger partial charge is 0.0705 e. The fourth-order valence-electron chi connectivity index (χ4n) is 4.32. The van der Waals surface area contributed by atoms with Gasteiger partial charge in [-0.2, -0.15) is 0 Å². The molecule has 0 atom stereocenters. The van der Waals surface area contributed by atoms with Crippen LogP contribution < -0.4 is 0 Å². The fraction of sp³-hybridized carbons (Fsp3) is 0.227. The molecule has 23 heavy (non-hydrogen) atoms. The van der Waals surface area contributed by atoms with Crippen LogP contribution in [0, 0.1) is 0 Å². The number of fused-ring (bicyclic) bond motifs is 5. The lowest BCUT2D eigenvalue weighted by atomic mass is 9.85. The van der Waals surface area contributed by atoms with Crippen molar-refractivity contribution in [3.63, 3.8) is 0 Å². The van der Waals surface area contributed by atoms with Gasteiger partial charge >= 0.3 is 0 Å². The van der Waals surface area contributed by atoms with Crippen LogP contribution in [0.3, 0.4) is 0 Å². The molecule has 3 aromatic rings. The first-order valence-electron chi connectivity index (χ1n) is 8.59. The number of benzene rings is 2. The predicted octanol–water partition coefficient (Wildman–Crippen LogP) is 5.20. The summed E-state index contributed by atoms with van der Waals surface area (Å²) in [6, 6.07) is 17.6. The van der Waals surface area contributed by atoms with Gasteiger partial charge in [-0.15, -0.1) is 0 Å². The Kier molecular flexibility index (Phi) is 2.87. The van der Waals surface area contributed by atoms with Gasteiger partial charge < -0.3 is 0 Å². The Morgan fingerprint density at radius 3 is 2.48 bits per heavy atom. The van der Waals surface area contributed by atoms with E-state index in [0.717, 1.165) is 12.1 Å². The predicted molar refractivity (Wildman–Crippen MR) is 94.6 cm³/mol. The maximum absolute atomic E-state index is 4.58. The molecule has 0 saturated heterocycles. The lowest BCUT2D eigenvalue weighted by molar-refractivity contribution is 0.686. The van der Waals surface area contributed by atoms with Crippen molar-refractivity contribution in [2.75, 3.05) is 0 Å². The van der Waals surface area contributed by atoms with Crippen LogP contribution in [0.25, 0.3) is 22.4 Å². The van der Waals surface area contributed by atoms with E-state index in [1.807, 2.05) is 12.3 Å². The minimum absolute atomic E-state index is 1.05. The van der Waals surface area contributed by atoms with E-state index in [1.165, 1.54) is 53.5 Å². The van der Waals surface area contributed by atoms with Crippen LogP contribution in [0.4, 0.5) is 0 Å². The summed E-state index contributed by atoms with van der Waals surface area (Å²) >= 11 is 0. The molecule has 0 saturated carbocycles. The Balaban J connectivity index is 1.74. The third-order valence-corrected chi connectivity index (χ3v) is 5.37. The summed E-state index contributed by atoms with van der Waals surface area (Å²) in [6.07, 6.45) is 8.10. The second-order valence-corrected chi connectivity index (χ2v) is 6.67. The summed E-state index contributed by atoms with van der Waals surface area (Å²) in [5, 5.41) is 0. The Morgan fingerprint density at radius 1 is 0.696 bits per heavy atom. The first kappa shape index (κ1) is 13.1. The molecule has 0 radical (unpaired) electrons. The Hall–Kier alpha value is -2.41. The molecule has 1 aromatic heterocycles. The second-order valence-electron chi connectivity index (χ2n) is 6.67. The average Bonchev–Trinajstić information content (AvgIpc) is 3.01. The maximum atomic E-state index is 4.58. The molecular formula is C22H19N. The third-order valence-electron chi connectivity index (χ3n) is 5.37.